The van der Waals surface area contributed by atoms with Crippen molar-refractivity contribution in [1.82, 2.24) is 14.9 Å². The minimum atomic E-state index is -0.509. The summed E-state index contributed by atoms with van der Waals surface area (Å²) < 4.78 is 5.99. The Kier molecular flexibility index (Phi) is 6.81. The van der Waals surface area contributed by atoms with Gasteiger partial charge in [-0.15, -0.1) is 0 Å². The molecule has 1 aliphatic heterocycles. The van der Waals surface area contributed by atoms with E-state index < -0.39 is 6.61 Å². The van der Waals surface area contributed by atoms with Gasteiger partial charge in [-0.25, -0.2) is 9.97 Å². The third kappa shape index (κ3) is 5.27. The lowest BCUT2D eigenvalue weighted by atomic mass is 10.1. The van der Waals surface area contributed by atoms with Crippen LogP contribution >= 0.6 is 0 Å². The van der Waals surface area contributed by atoms with Crippen molar-refractivity contribution in [3.63, 3.8) is 0 Å². The van der Waals surface area contributed by atoms with E-state index in [0.29, 0.717) is 42.5 Å². The fourth-order valence-corrected chi connectivity index (χ4v) is 3.79. The zero-order valence-corrected chi connectivity index (χ0v) is 18.4. The first-order valence-corrected chi connectivity index (χ1v) is 10.9. The molecule has 2 heterocycles. The van der Waals surface area contributed by atoms with Gasteiger partial charge in [0.05, 0.1) is 17.8 Å². The molecule has 2 N–H and O–H groups in total. The summed E-state index contributed by atoms with van der Waals surface area (Å²) in [7, 11) is 0. The van der Waals surface area contributed by atoms with Gasteiger partial charge >= 0.3 is 0 Å². The number of hydrogen-bond donors (Lipinski definition) is 2. The molecule has 168 valence electrons. The van der Waals surface area contributed by atoms with Gasteiger partial charge in [0.1, 0.15) is 24.5 Å². The second-order valence-corrected chi connectivity index (χ2v) is 7.79. The molecule has 3 aromatic rings. The summed E-state index contributed by atoms with van der Waals surface area (Å²) in [6.07, 6.45) is 3.06. The number of nitrogens with zero attached hydrogens (tertiary/aromatic N) is 4. The minimum absolute atomic E-state index is 0.216. The van der Waals surface area contributed by atoms with E-state index in [2.05, 4.69) is 40.4 Å². The molecule has 0 spiro atoms. The Morgan fingerprint density at radius 1 is 1.30 bits per heavy atom. The fraction of sp³-hybridized carbons (Fsp3) is 0.280. The Morgan fingerprint density at radius 3 is 2.97 bits per heavy atom. The molecule has 8 heteroatoms. The zero-order valence-electron chi connectivity index (χ0n) is 18.4. The highest BCUT2D eigenvalue weighted by molar-refractivity contribution is 5.77. The lowest BCUT2D eigenvalue weighted by Gasteiger charge is -2.17. The van der Waals surface area contributed by atoms with Crippen LogP contribution in [0.5, 0.6) is 5.75 Å². The summed E-state index contributed by atoms with van der Waals surface area (Å²) in [5.74, 6) is 0.624. The minimum Gasteiger partial charge on any atom is -0.487 e. The molecule has 0 bridgehead atoms. The SMILES string of the molecule is CCc1cccc(Nc2nccc(-c3ccc(O[C@@H]4CCN(C(=O)CO)C4)c(C#N)c3)n2)c1. The number of nitrogens with one attached hydrogen (secondary N) is 1. The molecule has 1 aliphatic rings. The van der Waals surface area contributed by atoms with Crippen molar-refractivity contribution in [1.29, 1.82) is 5.26 Å². The zero-order chi connectivity index (χ0) is 23.2. The largest absolute Gasteiger partial charge is 0.487 e. The van der Waals surface area contributed by atoms with Gasteiger partial charge in [0, 0.05) is 30.4 Å². The third-order valence-electron chi connectivity index (χ3n) is 5.57. The Balaban J connectivity index is 1.50. The Morgan fingerprint density at radius 2 is 2.18 bits per heavy atom. The number of carbonyl (C=O) groups is 1. The molecular formula is C25H25N5O3. The highest BCUT2D eigenvalue weighted by atomic mass is 16.5. The molecule has 2 aromatic carbocycles. The number of aliphatic hydroxyl groups excluding tert-OH is 1. The lowest BCUT2D eigenvalue weighted by Crippen LogP contribution is -2.32. The monoisotopic (exact) mass is 443 g/mol. The predicted molar refractivity (Wildman–Crippen MR) is 124 cm³/mol. The van der Waals surface area contributed by atoms with E-state index >= 15 is 0 Å². The van der Waals surface area contributed by atoms with Crippen LogP contribution in [0.4, 0.5) is 11.6 Å². The normalized spacial score (nSPS) is 15.2. The van der Waals surface area contributed by atoms with E-state index in [-0.39, 0.29) is 12.0 Å². The number of nitriles is 1. The number of hydrogen-bond acceptors (Lipinski definition) is 7. The Hall–Kier alpha value is -3.96. The van der Waals surface area contributed by atoms with Crippen molar-refractivity contribution in [2.45, 2.75) is 25.9 Å². The molecular weight excluding hydrogens is 418 g/mol. The van der Waals surface area contributed by atoms with Gasteiger partial charge in [0.25, 0.3) is 0 Å². The molecule has 1 amide bonds. The number of likely N-dealkylation sites (tertiary alicyclic amines) is 1. The summed E-state index contributed by atoms with van der Waals surface area (Å²) in [6.45, 7) is 2.52. The van der Waals surface area contributed by atoms with Crippen molar-refractivity contribution in [2.75, 3.05) is 25.0 Å². The van der Waals surface area contributed by atoms with Gasteiger partial charge in [-0.2, -0.15) is 5.26 Å². The van der Waals surface area contributed by atoms with Crippen LogP contribution in [0.25, 0.3) is 11.3 Å². The number of anilines is 2. The molecule has 0 unspecified atom stereocenters. The van der Waals surface area contributed by atoms with E-state index in [1.54, 1.807) is 29.3 Å². The van der Waals surface area contributed by atoms with Crippen LogP contribution in [0.1, 0.15) is 24.5 Å². The van der Waals surface area contributed by atoms with E-state index in [4.69, 9.17) is 9.84 Å². The average Bonchev–Trinajstić information content (AvgIpc) is 3.32. The van der Waals surface area contributed by atoms with E-state index in [1.807, 2.05) is 18.2 Å². The van der Waals surface area contributed by atoms with Crippen LogP contribution in [-0.2, 0) is 11.2 Å². The van der Waals surface area contributed by atoms with Gasteiger partial charge in [0.2, 0.25) is 11.9 Å². The van der Waals surface area contributed by atoms with Crippen LogP contribution in [0, 0.1) is 11.3 Å². The highest BCUT2D eigenvalue weighted by Gasteiger charge is 2.27. The maximum atomic E-state index is 11.7. The number of rotatable bonds is 7. The van der Waals surface area contributed by atoms with Gasteiger partial charge in [-0.05, 0) is 48.4 Å². The maximum absolute atomic E-state index is 11.7. The second kappa shape index (κ2) is 10.1. The summed E-state index contributed by atoms with van der Waals surface area (Å²) >= 11 is 0. The maximum Gasteiger partial charge on any atom is 0.248 e. The first kappa shape index (κ1) is 22.2. The standard InChI is InChI=1S/C25H25N5O3/c1-2-17-4-3-5-20(12-17)28-25-27-10-8-22(29-25)18-6-7-23(19(13-18)14-26)33-21-9-11-30(15-21)24(32)16-31/h3-8,10,12-13,21,31H,2,9,11,15-16H2,1H3,(H,27,28,29)/t21-/m1/s1. The number of ether oxygens (including phenoxy) is 1. The van der Waals surface area contributed by atoms with Gasteiger partial charge in [-0.3, -0.25) is 4.79 Å². The van der Waals surface area contributed by atoms with E-state index in [0.717, 1.165) is 17.7 Å². The molecule has 8 nitrogen and oxygen atoms in total. The summed E-state index contributed by atoms with van der Waals surface area (Å²) in [5.41, 5.74) is 3.98. The van der Waals surface area contributed by atoms with Crippen molar-refractivity contribution in [2.24, 2.45) is 0 Å². The molecule has 1 aromatic heterocycles. The first-order valence-electron chi connectivity index (χ1n) is 10.9. The predicted octanol–water partition coefficient (Wildman–Crippen LogP) is 3.29. The van der Waals surface area contributed by atoms with E-state index in [9.17, 15) is 10.1 Å². The number of carbonyl (C=O) groups excluding carboxylic acids is 1. The number of aryl methyl sites for hydroxylation is 1. The number of aromatic nitrogens is 2. The molecule has 0 aliphatic carbocycles. The molecule has 1 fully saturated rings. The molecule has 1 saturated heterocycles. The van der Waals surface area contributed by atoms with Crippen molar-refractivity contribution < 1.29 is 14.6 Å². The van der Waals surface area contributed by atoms with Gasteiger partial charge < -0.3 is 20.1 Å². The van der Waals surface area contributed by atoms with Crippen LogP contribution in [-0.4, -0.2) is 51.7 Å². The van der Waals surface area contributed by atoms with Crippen molar-refractivity contribution in [3.05, 3.63) is 65.9 Å². The number of amides is 1. The van der Waals surface area contributed by atoms with Gasteiger partial charge in [0.15, 0.2) is 0 Å². The summed E-state index contributed by atoms with van der Waals surface area (Å²) in [4.78, 5) is 22.1. The van der Waals surface area contributed by atoms with Gasteiger partial charge in [-0.1, -0.05) is 19.1 Å². The lowest BCUT2D eigenvalue weighted by molar-refractivity contribution is -0.133. The fourth-order valence-electron chi connectivity index (χ4n) is 3.79. The molecule has 1 atom stereocenters. The Bertz CT molecular complexity index is 1190. The average molecular weight is 444 g/mol. The van der Waals surface area contributed by atoms with Crippen molar-refractivity contribution >= 4 is 17.5 Å². The third-order valence-corrected chi connectivity index (χ3v) is 5.57. The van der Waals surface area contributed by atoms with Crippen LogP contribution < -0.4 is 10.1 Å². The molecule has 0 saturated carbocycles. The highest BCUT2D eigenvalue weighted by Crippen LogP contribution is 2.28. The second-order valence-electron chi connectivity index (χ2n) is 7.79. The number of aliphatic hydroxyl groups is 1. The smallest absolute Gasteiger partial charge is 0.248 e. The van der Waals surface area contributed by atoms with Crippen LogP contribution in [0.15, 0.2) is 54.7 Å². The van der Waals surface area contributed by atoms with E-state index in [1.165, 1.54) is 5.56 Å². The topological polar surface area (TPSA) is 111 Å². The van der Waals surface area contributed by atoms with Crippen LogP contribution in [0.2, 0.25) is 0 Å². The molecule has 0 radical (unpaired) electrons. The van der Waals surface area contributed by atoms with Crippen LogP contribution in [0.3, 0.4) is 0 Å². The first-order chi connectivity index (χ1) is 16.1. The number of benzene rings is 2. The summed E-state index contributed by atoms with van der Waals surface area (Å²) in [5, 5.41) is 21.9. The molecule has 4 rings (SSSR count). The Labute approximate surface area is 192 Å². The van der Waals surface area contributed by atoms with Crippen molar-refractivity contribution in [3.8, 4) is 23.1 Å². The molecule has 33 heavy (non-hydrogen) atoms. The summed E-state index contributed by atoms with van der Waals surface area (Å²) in [6, 6.07) is 17.4. The quantitative estimate of drug-likeness (QED) is 0.576.